The van der Waals surface area contributed by atoms with Crippen LogP contribution in [-0.4, -0.2) is 30.2 Å². The van der Waals surface area contributed by atoms with E-state index in [1.165, 1.54) is 0 Å². The molecule has 0 amide bonds. The van der Waals surface area contributed by atoms with E-state index in [0.29, 0.717) is 0 Å². The van der Waals surface area contributed by atoms with Gasteiger partial charge < -0.3 is 14.6 Å². The molecule has 1 heterocycles. The topological polar surface area (TPSA) is 38.7 Å². The third kappa shape index (κ3) is 1.64. The van der Waals surface area contributed by atoms with E-state index in [1.807, 2.05) is 0 Å². The summed E-state index contributed by atoms with van der Waals surface area (Å²) in [5, 5.41) is 8.88. The summed E-state index contributed by atoms with van der Waals surface area (Å²) in [7, 11) is 0. The minimum absolute atomic E-state index is 0.0938. The minimum atomic E-state index is -2.31. The van der Waals surface area contributed by atoms with Crippen molar-refractivity contribution in [3.8, 4) is 0 Å². The van der Waals surface area contributed by atoms with Crippen LogP contribution in [0.15, 0.2) is 0 Å². The predicted molar refractivity (Wildman–Crippen MR) is 32.0 cm³/mol. The first-order chi connectivity index (χ1) is 4.81. The molecule has 0 aliphatic carbocycles. The summed E-state index contributed by atoms with van der Waals surface area (Å²) in [6.07, 6.45) is -0.877. The van der Waals surface area contributed by atoms with Crippen LogP contribution in [0.4, 0.5) is 0 Å². The molecule has 0 saturated carbocycles. The fraction of sp³-hybridized carbons (Fsp3) is 1.00. The van der Waals surface area contributed by atoms with Crippen LogP contribution in [0.25, 0.3) is 0 Å². The normalized spacial score (nSPS) is 37.9. The van der Waals surface area contributed by atoms with Crippen molar-refractivity contribution in [1.29, 1.82) is 0 Å². The van der Waals surface area contributed by atoms with Crippen LogP contribution in [0, 0.1) is 0 Å². The van der Waals surface area contributed by atoms with Crippen molar-refractivity contribution in [3.63, 3.8) is 0 Å². The van der Waals surface area contributed by atoms with Gasteiger partial charge in [-0.25, -0.2) is 0 Å². The van der Waals surface area contributed by atoms with E-state index >= 15 is 0 Å². The zero-order valence-corrected chi connectivity index (χ0v) is 5.55. The molecule has 1 fully saturated rings. The molecule has 1 unspecified atom stereocenters. The quantitative estimate of drug-likeness (QED) is 0.554. The molecule has 9 heavy (non-hydrogen) atoms. The van der Waals surface area contributed by atoms with E-state index < -0.39 is 18.5 Å². The van der Waals surface area contributed by atoms with Crippen molar-refractivity contribution >= 4 is 0 Å². The Kier molecular flexibility index (Phi) is 1.16. The molecule has 0 radical (unpaired) electrons. The summed E-state index contributed by atoms with van der Waals surface area (Å²) in [4.78, 5) is 0. The van der Waals surface area contributed by atoms with Crippen molar-refractivity contribution < 1.29 is 17.3 Å². The van der Waals surface area contributed by atoms with E-state index in [9.17, 15) is 0 Å². The number of hydrogen-bond donors (Lipinski definition) is 1. The molecule has 1 aliphatic rings. The Balaban J connectivity index is 2.55. The lowest BCUT2D eigenvalue weighted by molar-refractivity contribution is -0.142. The maximum Gasteiger partial charge on any atom is 0.163 e. The maximum atomic E-state index is 8.88. The summed E-state index contributed by atoms with van der Waals surface area (Å²) in [5.41, 5.74) is 0. The molecule has 3 heteroatoms. The van der Waals surface area contributed by atoms with Gasteiger partial charge in [-0.05, 0) is 13.8 Å². The van der Waals surface area contributed by atoms with E-state index in [1.54, 1.807) is 13.8 Å². The molecule has 1 aliphatic heterocycles. The fourth-order valence-corrected chi connectivity index (χ4v) is 0.751. The second kappa shape index (κ2) is 2.25. The molecule has 0 aromatic carbocycles. The van der Waals surface area contributed by atoms with Gasteiger partial charge in [0.1, 0.15) is 6.10 Å². The zero-order valence-electron chi connectivity index (χ0n) is 7.55. The van der Waals surface area contributed by atoms with E-state index in [0.717, 1.165) is 0 Å². The number of aliphatic hydroxyl groups is 1. The van der Waals surface area contributed by atoms with Gasteiger partial charge in [0.25, 0.3) is 0 Å². The highest BCUT2D eigenvalue weighted by molar-refractivity contribution is 4.69. The van der Waals surface area contributed by atoms with Crippen LogP contribution >= 0.6 is 0 Å². The second-order valence-corrected chi connectivity index (χ2v) is 2.45. The molecule has 1 saturated heterocycles. The third-order valence-electron chi connectivity index (χ3n) is 1.15. The van der Waals surface area contributed by atoms with Gasteiger partial charge in [-0.3, -0.25) is 0 Å². The molecule has 0 spiro atoms. The SMILES string of the molecule is [2H]C([2H])(O)C1COC(C)(C)O1. The molecular weight excluding hydrogens is 120 g/mol. The highest BCUT2D eigenvalue weighted by Crippen LogP contribution is 2.21. The van der Waals surface area contributed by atoms with Gasteiger partial charge in [0, 0.05) is 0 Å². The van der Waals surface area contributed by atoms with Crippen LogP contribution in [0.1, 0.15) is 16.6 Å². The van der Waals surface area contributed by atoms with Crippen LogP contribution < -0.4 is 0 Å². The molecule has 54 valence electrons. The van der Waals surface area contributed by atoms with E-state index in [4.69, 9.17) is 17.3 Å². The molecule has 0 aromatic heterocycles. The third-order valence-corrected chi connectivity index (χ3v) is 1.15. The fourth-order valence-electron chi connectivity index (χ4n) is 0.751. The molecule has 0 aromatic rings. The first-order valence-electron chi connectivity index (χ1n) is 3.85. The Labute approximate surface area is 57.4 Å². The monoisotopic (exact) mass is 134 g/mol. The van der Waals surface area contributed by atoms with Crippen LogP contribution in [-0.2, 0) is 9.47 Å². The van der Waals surface area contributed by atoms with E-state index in [-0.39, 0.29) is 6.61 Å². The highest BCUT2D eigenvalue weighted by Gasteiger charge is 2.31. The Morgan fingerprint density at radius 1 is 1.89 bits per heavy atom. The van der Waals surface area contributed by atoms with Gasteiger partial charge >= 0.3 is 0 Å². The Hall–Kier alpha value is -0.120. The Morgan fingerprint density at radius 3 is 2.78 bits per heavy atom. The van der Waals surface area contributed by atoms with Crippen LogP contribution in [0.3, 0.4) is 0 Å². The lowest BCUT2D eigenvalue weighted by atomic mass is 10.4. The Morgan fingerprint density at radius 2 is 2.56 bits per heavy atom. The molecule has 1 atom stereocenters. The first-order valence-corrected chi connectivity index (χ1v) is 2.85. The minimum Gasteiger partial charge on any atom is -0.394 e. The molecular formula is C6H12O3. The largest absolute Gasteiger partial charge is 0.394 e. The molecule has 0 bridgehead atoms. The highest BCUT2D eigenvalue weighted by atomic mass is 16.7. The average molecular weight is 134 g/mol. The summed E-state index contributed by atoms with van der Waals surface area (Å²) in [6, 6.07) is 0. The molecule has 3 nitrogen and oxygen atoms in total. The van der Waals surface area contributed by atoms with Gasteiger partial charge in [-0.15, -0.1) is 0 Å². The maximum absolute atomic E-state index is 8.88. The molecule has 1 N–H and O–H groups in total. The van der Waals surface area contributed by atoms with Gasteiger partial charge in [0.15, 0.2) is 5.79 Å². The smallest absolute Gasteiger partial charge is 0.163 e. The van der Waals surface area contributed by atoms with Gasteiger partial charge in [-0.2, -0.15) is 0 Å². The zero-order chi connectivity index (χ0) is 8.70. The molecule has 1 rings (SSSR count). The number of hydrogen-bond acceptors (Lipinski definition) is 3. The average Bonchev–Trinajstić information content (AvgIpc) is 2.07. The lowest BCUT2D eigenvalue weighted by Gasteiger charge is -2.15. The van der Waals surface area contributed by atoms with Crippen molar-refractivity contribution in [1.82, 2.24) is 0 Å². The number of ether oxygens (including phenoxy) is 2. The van der Waals surface area contributed by atoms with Crippen molar-refractivity contribution in [3.05, 3.63) is 0 Å². The summed E-state index contributed by atoms with van der Waals surface area (Å²) >= 11 is 0. The number of rotatable bonds is 1. The van der Waals surface area contributed by atoms with Crippen LogP contribution in [0.5, 0.6) is 0 Å². The first kappa shape index (κ1) is 4.66. The Bertz CT molecular complexity index is 152. The van der Waals surface area contributed by atoms with Crippen molar-refractivity contribution in [2.45, 2.75) is 25.7 Å². The van der Waals surface area contributed by atoms with Gasteiger partial charge in [0.05, 0.1) is 15.9 Å². The van der Waals surface area contributed by atoms with E-state index in [2.05, 4.69) is 0 Å². The van der Waals surface area contributed by atoms with Crippen LogP contribution in [0.2, 0.25) is 0 Å². The van der Waals surface area contributed by atoms with Gasteiger partial charge in [-0.1, -0.05) is 0 Å². The van der Waals surface area contributed by atoms with Crippen molar-refractivity contribution in [2.24, 2.45) is 0 Å². The predicted octanol–water partition coefficient (Wildman–Crippen LogP) is 0.130. The summed E-state index contributed by atoms with van der Waals surface area (Å²) in [6.45, 7) is 1.14. The summed E-state index contributed by atoms with van der Waals surface area (Å²) in [5.74, 6) is -0.777. The lowest BCUT2D eigenvalue weighted by Crippen LogP contribution is -2.22. The standard InChI is InChI=1S/C6H12O3/c1-6(2)8-4-5(3-7)9-6/h5,7H,3-4H2,1-2H3/i3D2. The van der Waals surface area contributed by atoms with Gasteiger partial charge in [0.2, 0.25) is 0 Å². The summed E-state index contributed by atoms with van der Waals surface area (Å²) < 4.78 is 24.0. The van der Waals surface area contributed by atoms with Crippen molar-refractivity contribution in [2.75, 3.05) is 13.2 Å². The second-order valence-electron chi connectivity index (χ2n) is 2.45.